The molecule has 2 rings (SSSR count). The van der Waals surface area contributed by atoms with Gasteiger partial charge in [0.25, 0.3) is 0 Å². The number of carbonyl (C=O) groups is 2. The predicted molar refractivity (Wildman–Crippen MR) is 81.5 cm³/mol. The van der Waals surface area contributed by atoms with Gasteiger partial charge in [-0.05, 0) is 25.0 Å². The summed E-state index contributed by atoms with van der Waals surface area (Å²) < 4.78 is 0. The Bertz CT molecular complexity index is 486. The van der Waals surface area contributed by atoms with E-state index in [4.69, 9.17) is 0 Å². The first-order chi connectivity index (χ1) is 9.77. The molecule has 2 heterocycles. The number of nitrogens with zero attached hydrogens (tertiary/aromatic N) is 1. The molecule has 4 atom stereocenters. The van der Waals surface area contributed by atoms with E-state index in [2.05, 4.69) is 13.8 Å². The molecule has 0 aromatic carbocycles. The van der Waals surface area contributed by atoms with E-state index in [0.29, 0.717) is 5.92 Å². The fourth-order valence-electron chi connectivity index (χ4n) is 3.12. The van der Waals surface area contributed by atoms with E-state index in [1.54, 1.807) is 18.7 Å². The zero-order valence-corrected chi connectivity index (χ0v) is 13.7. The number of fused-ring (bicyclic) bond motifs is 1. The largest absolute Gasteiger partial charge is 0.477 e. The minimum Gasteiger partial charge on any atom is -0.477 e. The number of rotatable bonds is 6. The number of carboxylic acids is 1. The minimum absolute atomic E-state index is 0.0226. The maximum absolute atomic E-state index is 12.1. The van der Waals surface area contributed by atoms with E-state index < -0.39 is 18.0 Å². The zero-order valence-electron chi connectivity index (χ0n) is 12.9. The van der Waals surface area contributed by atoms with Crippen LogP contribution in [0.25, 0.3) is 0 Å². The lowest BCUT2D eigenvalue weighted by molar-refractivity contribution is -0.163. The number of aliphatic hydroxyl groups excluding tert-OH is 1. The molecule has 0 radical (unpaired) electrons. The first-order valence-corrected chi connectivity index (χ1v) is 8.37. The average molecular weight is 313 g/mol. The van der Waals surface area contributed by atoms with Crippen molar-refractivity contribution >= 4 is 23.6 Å². The highest BCUT2D eigenvalue weighted by Crippen LogP contribution is 2.50. The highest BCUT2D eigenvalue weighted by Gasteiger charge is 2.59. The lowest BCUT2D eigenvalue weighted by atomic mass is 9.79. The summed E-state index contributed by atoms with van der Waals surface area (Å²) in [6.45, 7) is 7.81. The maximum Gasteiger partial charge on any atom is 0.353 e. The van der Waals surface area contributed by atoms with Gasteiger partial charge in [-0.2, -0.15) is 0 Å². The molecule has 2 aliphatic rings. The topological polar surface area (TPSA) is 77.8 Å². The van der Waals surface area contributed by atoms with Crippen LogP contribution >= 0.6 is 11.8 Å². The smallest absolute Gasteiger partial charge is 0.353 e. The summed E-state index contributed by atoms with van der Waals surface area (Å²) in [6.07, 6.45) is 0.267. The Labute approximate surface area is 129 Å². The normalized spacial score (nSPS) is 29.7. The van der Waals surface area contributed by atoms with Crippen molar-refractivity contribution in [3.05, 3.63) is 10.6 Å². The molecule has 0 spiro atoms. The van der Waals surface area contributed by atoms with Crippen LogP contribution in [0.2, 0.25) is 0 Å². The van der Waals surface area contributed by atoms with Gasteiger partial charge in [0.1, 0.15) is 5.70 Å². The highest BCUT2D eigenvalue weighted by atomic mass is 32.2. The third kappa shape index (κ3) is 2.71. The molecule has 6 heteroatoms. The van der Waals surface area contributed by atoms with Crippen molar-refractivity contribution in [2.75, 3.05) is 5.75 Å². The minimum atomic E-state index is -1.05. The first kappa shape index (κ1) is 16.4. The molecule has 0 unspecified atom stereocenters. The van der Waals surface area contributed by atoms with Crippen molar-refractivity contribution in [2.45, 2.75) is 46.3 Å². The van der Waals surface area contributed by atoms with Gasteiger partial charge >= 0.3 is 5.97 Å². The Kier molecular flexibility index (Phi) is 4.68. The Morgan fingerprint density at radius 2 is 2.00 bits per heavy atom. The van der Waals surface area contributed by atoms with Gasteiger partial charge in [0, 0.05) is 10.8 Å². The third-order valence-electron chi connectivity index (χ3n) is 4.26. The fraction of sp³-hybridized carbons (Fsp3) is 0.733. The molecule has 21 heavy (non-hydrogen) atoms. The first-order valence-electron chi connectivity index (χ1n) is 7.38. The van der Waals surface area contributed by atoms with Crippen LogP contribution in [0.1, 0.15) is 34.1 Å². The highest BCUT2D eigenvalue weighted by molar-refractivity contribution is 8.03. The summed E-state index contributed by atoms with van der Waals surface area (Å²) in [6, 6.07) is -0.204. The Hall–Kier alpha value is -1.01. The quantitative estimate of drug-likeness (QED) is 0.733. The summed E-state index contributed by atoms with van der Waals surface area (Å²) in [5, 5.41) is 19.2. The van der Waals surface area contributed by atoms with Gasteiger partial charge in [-0.25, -0.2) is 4.79 Å². The van der Waals surface area contributed by atoms with Crippen molar-refractivity contribution in [3.63, 3.8) is 0 Å². The Morgan fingerprint density at radius 1 is 1.38 bits per heavy atom. The average Bonchev–Trinajstić information content (AvgIpc) is 2.59. The van der Waals surface area contributed by atoms with Crippen LogP contribution < -0.4 is 0 Å². The van der Waals surface area contributed by atoms with Gasteiger partial charge in [-0.3, -0.25) is 4.79 Å². The molecule has 0 bridgehead atoms. The van der Waals surface area contributed by atoms with E-state index in [-0.39, 0.29) is 23.6 Å². The summed E-state index contributed by atoms with van der Waals surface area (Å²) in [4.78, 5) is 25.8. The van der Waals surface area contributed by atoms with E-state index in [1.165, 1.54) is 4.90 Å². The molecule has 0 aliphatic carbocycles. The summed E-state index contributed by atoms with van der Waals surface area (Å²) >= 11 is 1.54. The second-order valence-electron chi connectivity index (χ2n) is 6.30. The number of thioether (sulfide) groups is 1. The molecule has 2 N–H and O–H groups in total. The lowest BCUT2D eigenvalue weighted by Gasteiger charge is -2.46. The van der Waals surface area contributed by atoms with Gasteiger partial charge < -0.3 is 15.1 Å². The van der Waals surface area contributed by atoms with Gasteiger partial charge in [0.15, 0.2) is 0 Å². The number of amides is 1. The van der Waals surface area contributed by atoms with E-state index in [9.17, 15) is 19.8 Å². The van der Waals surface area contributed by atoms with Crippen LogP contribution in [0.15, 0.2) is 10.6 Å². The monoisotopic (exact) mass is 313 g/mol. The molecule has 1 saturated heterocycles. The molecular weight excluding hydrogens is 290 g/mol. The standard InChI is InChI=1S/C15H23NO4S/c1-7(2)5-6-21-13-8(3)11-10(9(4)17)14(18)16(11)12(13)15(19)20/h7-11,17H,5-6H2,1-4H3,(H,19,20)/t8-,9-,10-,11-/m1/s1. The Balaban J connectivity index is 2.21. The second kappa shape index (κ2) is 6.01. The molecule has 1 amide bonds. The van der Waals surface area contributed by atoms with Crippen LogP contribution in [-0.2, 0) is 9.59 Å². The molecular formula is C15H23NO4S. The summed E-state index contributed by atoms with van der Waals surface area (Å²) in [5.41, 5.74) is 0.128. The molecule has 0 saturated carbocycles. The maximum atomic E-state index is 12.1. The summed E-state index contributed by atoms with van der Waals surface area (Å²) in [5.74, 6) is -0.398. The number of carboxylic acid groups (broad SMARTS) is 1. The van der Waals surface area contributed by atoms with E-state index in [0.717, 1.165) is 17.1 Å². The number of aliphatic carboxylic acids is 1. The number of β-lactam (4-membered cyclic amide) rings is 1. The van der Waals surface area contributed by atoms with Crippen molar-refractivity contribution in [1.29, 1.82) is 0 Å². The van der Waals surface area contributed by atoms with Gasteiger partial charge in [-0.1, -0.05) is 20.8 Å². The molecule has 118 valence electrons. The van der Waals surface area contributed by atoms with Crippen LogP contribution in [0, 0.1) is 17.8 Å². The van der Waals surface area contributed by atoms with Crippen LogP contribution in [0.3, 0.4) is 0 Å². The predicted octanol–water partition coefficient (Wildman–Crippen LogP) is 1.92. The van der Waals surface area contributed by atoms with Crippen molar-refractivity contribution in [3.8, 4) is 0 Å². The van der Waals surface area contributed by atoms with Crippen LogP contribution in [0.5, 0.6) is 0 Å². The third-order valence-corrected chi connectivity index (χ3v) is 5.58. The molecule has 0 aromatic rings. The fourth-order valence-corrected chi connectivity index (χ4v) is 4.65. The number of hydrogen-bond donors (Lipinski definition) is 2. The van der Waals surface area contributed by atoms with Gasteiger partial charge in [-0.15, -0.1) is 11.8 Å². The SMILES string of the molecule is CC(C)CCSC1=C(C(=O)O)N2C(=O)[C@H]([C@@H](C)O)[C@H]2[C@H]1C. The Morgan fingerprint density at radius 3 is 2.48 bits per heavy atom. The zero-order chi connectivity index (χ0) is 15.9. The number of aliphatic hydroxyl groups is 1. The molecule has 0 aromatic heterocycles. The van der Waals surface area contributed by atoms with Crippen molar-refractivity contribution < 1.29 is 19.8 Å². The van der Waals surface area contributed by atoms with E-state index >= 15 is 0 Å². The summed E-state index contributed by atoms with van der Waals surface area (Å²) in [7, 11) is 0. The van der Waals surface area contributed by atoms with E-state index in [1.807, 2.05) is 6.92 Å². The van der Waals surface area contributed by atoms with Crippen molar-refractivity contribution in [1.82, 2.24) is 4.90 Å². The molecule has 5 nitrogen and oxygen atoms in total. The second-order valence-corrected chi connectivity index (χ2v) is 7.44. The molecule has 2 aliphatic heterocycles. The lowest BCUT2D eigenvalue weighted by Crippen LogP contribution is -2.63. The van der Waals surface area contributed by atoms with Crippen molar-refractivity contribution in [2.24, 2.45) is 17.8 Å². The van der Waals surface area contributed by atoms with Crippen LogP contribution in [0.4, 0.5) is 0 Å². The van der Waals surface area contributed by atoms with Gasteiger partial charge in [0.05, 0.1) is 18.1 Å². The van der Waals surface area contributed by atoms with Gasteiger partial charge in [0.2, 0.25) is 5.91 Å². The molecule has 1 fully saturated rings. The number of hydrogen-bond acceptors (Lipinski definition) is 4. The van der Waals surface area contributed by atoms with Crippen LogP contribution in [-0.4, -0.2) is 44.9 Å². The number of carbonyl (C=O) groups excluding carboxylic acids is 1.